The van der Waals surface area contributed by atoms with Gasteiger partial charge in [0.15, 0.2) is 0 Å². The molecule has 1 atom stereocenters. The molecule has 0 aromatic carbocycles. The fourth-order valence-corrected chi connectivity index (χ4v) is 1.15. The second-order valence-electron chi connectivity index (χ2n) is 3.47. The lowest BCUT2D eigenvalue weighted by atomic mass is 10.1. The van der Waals surface area contributed by atoms with Gasteiger partial charge in [0.25, 0.3) is 0 Å². The van der Waals surface area contributed by atoms with Crippen LogP contribution >= 0.6 is 0 Å². The number of carboxylic acid groups (broad SMARTS) is 1. The van der Waals surface area contributed by atoms with Crippen molar-refractivity contribution >= 4 is 5.97 Å². The number of halogens is 1. The molecule has 78 valence electrons. The maximum atomic E-state index is 13.1. The highest BCUT2D eigenvalue weighted by Gasteiger charge is 2.23. The Bertz CT molecular complexity index is 347. The van der Waals surface area contributed by atoms with E-state index in [0.717, 1.165) is 0 Å². The summed E-state index contributed by atoms with van der Waals surface area (Å²) >= 11 is 0. The van der Waals surface area contributed by atoms with Crippen molar-refractivity contribution in [3.05, 3.63) is 17.5 Å². The summed E-state index contributed by atoms with van der Waals surface area (Å²) in [4.78, 5) is 10.4. The van der Waals surface area contributed by atoms with Gasteiger partial charge in [-0.2, -0.15) is 5.10 Å². The predicted molar refractivity (Wildman–Crippen MR) is 48.8 cm³/mol. The highest BCUT2D eigenvalue weighted by molar-refractivity contribution is 5.73. The lowest BCUT2D eigenvalue weighted by molar-refractivity contribution is -0.143. The van der Waals surface area contributed by atoms with Gasteiger partial charge in [-0.05, 0) is 12.0 Å². The molecular formula is C9H13FN2O2. The van der Waals surface area contributed by atoms with Crippen molar-refractivity contribution in [2.24, 2.45) is 7.05 Å². The van der Waals surface area contributed by atoms with Crippen LogP contribution in [0.1, 0.15) is 37.3 Å². The van der Waals surface area contributed by atoms with Gasteiger partial charge in [-0.15, -0.1) is 0 Å². The van der Waals surface area contributed by atoms with Gasteiger partial charge in [-0.1, -0.05) is 13.8 Å². The number of hydrogen-bond donors (Lipinski definition) is 1. The molecule has 0 fully saturated rings. The molecule has 1 rings (SSSR count). The molecule has 1 aromatic heterocycles. The van der Waals surface area contributed by atoms with E-state index >= 15 is 0 Å². The van der Waals surface area contributed by atoms with Gasteiger partial charge in [-0.3, -0.25) is 4.68 Å². The zero-order chi connectivity index (χ0) is 10.9. The summed E-state index contributed by atoms with van der Waals surface area (Å²) in [5, 5.41) is 12.5. The van der Waals surface area contributed by atoms with Gasteiger partial charge >= 0.3 is 5.97 Å². The first kappa shape index (κ1) is 10.7. The summed E-state index contributed by atoms with van der Waals surface area (Å²) < 4.78 is 14.4. The van der Waals surface area contributed by atoms with Crippen molar-refractivity contribution in [2.75, 3.05) is 0 Å². The van der Waals surface area contributed by atoms with Crippen molar-refractivity contribution < 1.29 is 14.3 Å². The molecule has 5 heteroatoms. The summed E-state index contributed by atoms with van der Waals surface area (Å²) in [7, 11) is 1.54. The molecule has 0 aliphatic carbocycles. The first-order valence-corrected chi connectivity index (χ1v) is 4.34. The van der Waals surface area contributed by atoms with Crippen LogP contribution in [-0.2, 0) is 11.8 Å². The molecule has 0 saturated heterocycles. The minimum atomic E-state index is -2.00. The largest absolute Gasteiger partial charge is 0.479 e. The van der Waals surface area contributed by atoms with Crippen molar-refractivity contribution in [3.63, 3.8) is 0 Å². The predicted octanol–water partition coefficient (Wildman–Crippen LogP) is 1.64. The lowest BCUT2D eigenvalue weighted by Crippen LogP contribution is -2.10. The summed E-state index contributed by atoms with van der Waals surface area (Å²) in [6.07, 6.45) is -2.00. The van der Waals surface area contributed by atoms with Crippen LogP contribution in [0.4, 0.5) is 4.39 Å². The fourth-order valence-electron chi connectivity index (χ4n) is 1.15. The number of aliphatic carboxylic acids is 1. The molecule has 0 bridgehead atoms. The van der Waals surface area contributed by atoms with Gasteiger partial charge in [0.1, 0.15) is 0 Å². The smallest absolute Gasteiger partial charge is 0.344 e. The van der Waals surface area contributed by atoms with Crippen LogP contribution in [-0.4, -0.2) is 20.9 Å². The van der Waals surface area contributed by atoms with Crippen LogP contribution in [0.5, 0.6) is 0 Å². The van der Waals surface area contributed by atoms with Crippen molar-refractivity contribution in [2.45, 2.75) is 25.9 Å². The molecule has 1 aromatic rings. The highest BCUT2D eigenvalue weighted by atomic mass is 19.1. The molecule has 4 nitrogen and oxygen atoms in total. The topological polar surface area (TPSA) is 55.1 Å². The Morgan fingerprint density at radius 3 is 2.57 bits per heavy atom. The standard InChI is InChI=1S/C9H13FN2O2/c1-5(2)6-4-7(12(3)11-6)8(10)9(13)14/h4-5,8H,1-3H3,(H,13,14). The summed E-state index contributed by atoms with van der Waals surface area (Å²) in [6.45, 7) is 3.83. The quantitative estimate of drug-likeness (QED) is 0.806. The van der Waals surface area contributed by atoms with E-state index in [1.54, 1.807) is 0 Å². The molecule has 0 saturated carbocycles. The van der Waals surface area contributed by atoms with Gasteiger partial charge in [-0.25, -0.2) is 9.18 Å². The van der Waals surface area contributed by atoms with Gasteiger partial charge in [0, 0.05) is 7.05 Å². The number of carbonyl (C=O) groups is 1. The van der Waals surface area contributed by atoms with E-state index in [1.165, 1.54) is 17.8 Å². The number of hydrogen-bond acceptors (Lipinski definition) is 2. The van der Waals surface area contributed by atoms with Crippen LogP contribution in [0.15, 0.2) is 6.07 Å². The number of rotatable bonds is 3. The van der Waals surface area contributed by atoms with Crippen LogP contribution in [0, 0.1) is 0 Å². The zero-order valence-electron chi connectivity index (χ0n) is 8.36. The minimum absolute atomic E-state index is 0.0844. The number of aromatic nitrogens is 2. The van der Waals surface area contributed by atoms with Crippen LogP contribution in [0.3, 0.4) is 0 Å². The van der Waals surface area contributed by atoms with Crippen LogP contribution in [0.2, 0.25) is 0 Å². The number of nitrogens with zero attached hydrogens (tertiary/aromatic N) is 2. The average Bonchev–Trinajstić information content (AvgIpc) is 2.46. The average molecular weight is 200 g/mol. The van der Waals surface area contributed by atoms with Crippen LogP contribution in [0.25, 0.3) is 0 Å². The Balaban J connectivity index is 3.04. The third-order valence-corrected chi connectivity index (χ3v) is 2.00. The molecule has 0 amide bonds. The highest BCUT2D eigenvalue weighted by Crippen LogP contribution is 2.21. The molecular weight excluding hydrogens is 187 g/mol. The first-order valence-electron chi connectivity index (χ1n) is 4.34. The Labute approximate surface area is 81.3 Å². The Kier molecular flexibility index (Phi) is 2.88. The van der Waals surface area contributed by atoms with E-state index < -0.39 is 12.1 Å². The lowest BCUT2D eigenvalue weighted by Gasteiger charge is -2.01. The minimum Gasteiger partial charge on any atom is -0.479 e. The molecule has 1 N–H and O–H groups in total. The zero-order valence-corrected chi connectivity index (χ0v) is 8.36. The second-order valence-corrected chi connectivity index (χ2v) is 3.47. The third kappa shape index (κ3) is 1.92. The molecule has 14 heavy (non-hydrogen) atoms. The third-order valence-electron chi connectivity index (χ3n) is 2.00. The van der Waals surface area contributed by atoms with Gasteiger partial charge < -0.3 is 5.11 Å². The van der Waals surface area contributed by atoms with Crippen molar-refractivity contribution in [1.82, 2.24) is 9.78 Å². The first-order chi connectivity index (χ1) is 6.43. The Morgan fingerprint density at radius 1 is 1.64 bits per heavy atom. The van der Waals surface area contributed by atoms with E-state index in [0.29, 0.717) is 5.69 Å². The van der Waals surface area contributed by atoms with E-state index in [2.05, 4.69) is 5.10 Å². The van der Waals surface area contributed by atoms with E-state index in [1.807, 2.05) is 13.8 Å². The maximum Gasteiger partial charge on any atom is 0.344 e. The van der Waals surface area contributed by atoms with Gasteiger partial charge in [0.05, 0.1) is 11.4 Å². The number of alkyl halides is 1. The number of carboxylic acids is 1. The van der Waals surface area contributed by atoms with Crippen LogP contribution < -0.4 is 0 Å². The number of aryl methyl sites for hydroxylation is 1. The SMILES string of the molecule is CC(C)c1cc(C(F)C(=O)O)n(C)n1. The van der Waals surface area contributed by atoms with Crippen molar-refractivity contribution in [1.29, 1.82) is 0 Å². The second kappa shape index (κ2) is 3.77. The normalized spacial score (nSPS) is 13.2. The van der Waals surface area contributed by atoms with Crippen molar-refractivity contribution in [3.8, 4) is 0 Å². The Hall–Kier alpha value is -1.39. The maximum absolute atomic E-state index is 13.1. The monoisotopic (exact) mass is 200 g/mol. The molecule has 1 heterocycles. The van der Waals surface area contributed by atoms with Gasteiger partial charge in [0.2, 0.25) is 6.17 Å². The van der Waals surface area contributed by atoms with E-state index in [4.69, 9.17) is 5.11 Å². The summed E-state index contributed by atoms with van der Waals surface area (Å²) in [5.41, 5.74) is 0.785. The fraction of sp³-hybridized carbons (Fsp3) is 0.556. The van der Waals surface area contributed by atoms with E-state index in [-0.39, 0.29) is 11.6 Å². The summed E-state index contributed by atoms with van der Waals surface area (Å²) in [5.74, 6) is -1.32. The molecule has 0 spiro atoms. The van der Waals surface area contributed by atoms with E-state index in [9.17, 15) is 9.18 Å². The Morgan fingerprint density at radius 2 is 2.21 bits per heavy atom. The summed E-state index contributed by atoms with van der Waals surface area (Å²) in [6, 6.07) is 1.49. The molecule has 0 aliphatic rings. The molecule has 0 radical (unpaired) electrons. The molecule has 1 unspecified atom stereocenters. The molecule has 0 aliphatic heterocycles.